The fraction of sp³-hybridized carbons (Fsp3) is 0.500. The number of hydrogen-bond acceptors (Lipinski definition) is 3. The second kappa shape index (κ2) is 8.59. The van der Waals surface area contributed by atoms with E-state index in [1.165, 1.54) is 5.56 Å². The van der Waals surface area contributed by atoms with Crippen molar-refractivity contribution in [2.75, 3.05) is 19.7 Å². The van der Waals surface area contributed by atoms with Gasteiger partial charge in [0, 0.05) is 18.8 Å². The number of nitrogens with zero attached hydrogens (tertiary/aromatic N) is 2. The van der Waals surface area contributed by atoms with Gasteiger partial charge in [-0.05, 0) is 75.2 Å². The van der Waals surface area contributed by atoms with Crippen molar-refractivity contribution < 1.29 is 5.11 Å². The van der Waals surface area contributed by atoms with E-state index in [1.807, 2.05) is 13.0 Å². The highest BCUT2D eigenvalue weighted by Gasteiger charge is 2.33. The zero-order chi connectivity index (χ0) is 17.5. The lowest BCUT2D eigenvalue weighted by Gasteiger charge is -2.41. The van der Waals surface area contributed by atoms with Gasteiger partial charge < -0.3 is 5.11 Å². The average Bonchev–Trinajstić information content (AvgIpc) is 2.64. The second-order valence-corrected chi connectivity index (χ2v) is 7.54. The van der Waals surface area contributed by atoms with E-state index in [4.69, 9.17) is 0 Å². The van der Waals surface area contributed by atoms with Crippen molar-refractivity contribution in [3.05, 3.63) is 65.5 Å². The molecule has 0 atom stereocenters. The monoisotopic (exact) mass is 338 g/mol. The Labute approximate surface area is 151 Å². The van der Waals surface area contributed by atoms with Crippen LogP contribution < -0.4 is 0 Å². The molecule has 1 saturated heterocycles. The minimum Gasteiger partial charge on any atom is -0.396 e. The fourth-order valence-corrected chi connectivity index (χ4v) is 3.90. The summed E-state index contributed by atoms with van der Waals surface area (Å²) >= 11 is 0. The van der Waals surface area contributed by atoms with Crippen molar-refractivity contribution in [3.8, 4) is 0 Å². The van der Waals surface area contributed by atoms with Crippen molar-refractivity contribution in [2.45, 2.75) is 45.6 Å². The van der Waals surface area contributed by atoms with Crippen molar-refractivity contribution in [3.63, 3.8) is 0 Å². The van der Waals surface area contributed by atoms with E-state index in [1.54, 1.807) is 0 Å². The second-order valence-electron chi connectivity index (χ2n) is 7.54. The lowest BCUT2D eigenvalue weighted by molar-refractivity contribution is 0.0326. The van der Waals surface area contributed by atoms with Crippen molar-refractivity contribution >= 4 is 0 Å². The topological polar surface area (TPSA) is 36.4 Å². The van der Waals surface area contributed by atoms with Gasteiger partial charge in [0.1, 0.15) is 0 Å². The predicted octanol–water partition coefficient (Wildman–Crippen LogP) is 3.99. The molecule has 1 aliphatic rings. The first-order valence-corrected chi connectivity index (χ1v) is 9.49. The zero-order valence-corrected chi connectivity index (χ0v) is 15.3. The number of hydrogen-bond donors (Lipinski definition) is 1. The molecular formula is C22H30N2O. The van der Waals surface area contributed by atoms with Crippen LogP contribution >= 0.6 is 0 Å². The van der Waals surface area contributed by atoms with Crippen molar-refractivity contribution in [1.82, 2.24) is 9.88 Å². The van der Waals surface area contributed by atoms with Gasteiger partial charge >= 0.3 is 0 Å². The first kappa shape index (κ1) is 18.1. The predicted molar refractivity (Wildman–Crippen MR) is 102 cm³/mol. The molecule has 0 saturated carbocycles. The van der Waals surface area contributed by atoms with Crippen LogP contribution in [0.4, 0.5) is 0 Å². The molecule has 3 nitrogen and oxygen atoms in total. The lowest BCUT2D eigenvalue weighted by Crippen LogP contribution is -2.41. The molecule has 1 aromatic carbocycles. The third kappa shape index (κ3) is 5.13. The molecule has 0 bridgehead atoms. The number of aromatic nitrogens is 1. The largest absolute Gasteiger partial charge is 0.396 e. The number of pyridine rings is 1. The molecule has 3 rings (SSSR count). The molecule has 0 unspecified atom stereocenters. The Hall–Kier alpha value is -1.71. The Balaban J connectivity index is 1.48. The van der Waals surface area contributed by atoms with Crippen LogP contribution in [0.1, 0.15) is 42.6 Å². The van der Waals surface area contributed by atoms with E-state index < -0.39 is 0 Å². The van der Waals surface area contributed by atoms with Crippen LogP contribution in [0.15, 0.2) is 48.5 Å². The number of aryl methyl sites for hydroxylation is 2. The minimum atomic E-state index is 0.116. The highest BCUT2D eigenvalue weighted by Crippen LogP contribution is 2.36. The maximum Gasteiger partial charge on any atom is 0.0547 e. The molecule has 0 aliphatic carbocycles. The maximum absolute atomic E-state index is 10.0. The summed E-state index contributed by atoms with van der Waals surface area (Å²) in [5, 5.41) is 10.0. The van der Waals surface area contributed by atoms with Gasteiger partial charge in [0.15, 0.2) is 0 Å². The molecule has 1 N–H and O–H groups in total. The fourth-order valence-electron chi connectivity index (χ4n) is 3.90. The van der Waals surface area contributed by atoms with Crippen LogP contribution in [0.25, 0.3) is 0 Å². The smallest absolute Gasteiger partial charge is 0.0547 e. The Morgan fingerprint density at radius 1 is 1.04 bits per heavy atom. The Morgan fingerprint density at radius 2 is 1.80 bits per heavy atom. The van der Waals surface area contributed by atoms with Gasteiger partial charge in [-0.2, -0.15) is 0 Å². The molecule has 0 radical (unpaired) electrons. The minimum absolute atomic E-state index is 0.116. The van der Waals surface area contributed by atoms with Crippen LogP contribution in [0, 0.1) is 12.3 Å². The average molecular weight is 338 g/mol. The SMILES string of the molecule is Cc1cccc(CN2CCC(CO)(CCCc3ccccc3)CC2)n1. The third-order valence-electron chi connectivity index (χ3n) is 5.60. The van der Waals surface area contributed by atoms with Crippen LogP contribution in [0.2, 0.25) is 0 Å². The highest BCUT2D eigenvalue weighted by molar-refractivity contribution is 5.14. The Bertz CT molecular complexity index is 648. The van der Waals surface area contributed by atoms with E-state index in [0.29, 0.717) is 6.61 Å². The molecule has 3 heteroatoms. The van der Waals surface area contributed by atoms with Gasteiger partial charge in [-0.15, -0.1) is 0 Å². The zero-order valence-electron chi connectivity index (χ0n) is 15.3. The molecule has 2 heterocycles. The highest BCUT2D eigenvalue weighted by atomic mass is 16.3. The number of aliphatic hydroxyl groups is 1. The van der Waals surface area contributed by atoms with Gasteiger partial charge in [0.2, 0.25) is 0 Å². The number of rotatable bonds is 7. The summed E-state index contributed by atoms with van der Waals surface area (Å²) in [6.45, 7) is 5.40. The number of aliphatic hydroxyl groups excluding tert-OH is 1. The quantitative estimate of drug-likeness (QED) is 0.829. The van der Waals surface area contributed by atoms with E-state index >= 15 is 0 Å². The molecule has 1 aromatic heterocycles. The number of likely N-dealkylation sites (tertiary alicyclic amines) is 1. The van der Waals surface area contributed by atoms with Gasteiger partial charge in [-0.1, -0.05) is 36.4 Å². The van der Waals surface area contributed by atoms with Crippen molar-refractivity contribution in [2.24, 2.45) is 5.41 Å². The normalized spacial score (nSPS) is 17.5. The summed E-state index contributed by atoms with van der Waals surface area (Å²) in [4.78, 5) is 7.09. The molecule has 0 amide bonds. The summed E-state index contributed by atoms with van der Waals surface area (Å²) in [5.41, 5.74) is 3.75. The molecule has 0 spiro atoms. The number of benzene rings is 1. The van der Waals surface area contributed by atoms with Crippen LogP contribution in [0.5, 0.6) is 0 Å². The van der Waals surface area contributed by atoms with E-state index in [0.717, 1.165) is 63.1 Å². The van der Waals surface area contributed by atoms with Crippen LogP contribution in [0.3, 0.4) is 0 Å². The van der Waals surface area contributed by atoms with E-state index in [2.05, 4.69) is 52.3 Å². The summed E-state index contributed by atoms with van der Waals surface area (Å²) < 4.78 is 0. The Kier molecular flexibility index (Phi) is 6.22. The summed E-state index contributed by atoms with van der Waals surface area (Å²) in [5.74, 6) is 0. The van der Waals surface area contributed by atoms with Gasteiger partial charge in [0.25, 0.3) is 0 Å². The lowest BCUT2D eigenvalue weighted by atomic mass is 9.75. The first-order chi connectivity index (χ1) is 12.2. The number of piperidine rings is 1. The maximum atomic E-state index is 10.0. The van der Waals surface area contributed by atoms with Gasteiger partial charge in [-0.25, -0.2) is 0 Å². The molecule has 1 fully saturated rings. The van der Waals surface area contributed by atoms with Gasteiger partial charge in [-0.3, -0.25) is 9.88 Å². The van der Waals surface area contributed by atoms with Crippen LogP contribution in [-0.4, -0.2) is 34.7 Å². The molecular weight excluding hydrogens is 308 g/mol. The molecule has 1 aliphatic heterocycles. The molecule has 25 heavy (non-hydrogen) atoms. The summed E-state index contributed by atoms with van der Waals surface area (Å²) in [6.07, 6.45) is 5.56. The van der Waals surface area contributed by atoms with E-state index in [9.17, 15) is 5.11 Å². The van der Waals surface area contributed by atoms with Crippen molar-refractivity contribution in [1.29, 1.82) is 0 Å². The van der Waals surface area contributed by atoms with Gasteiger partial charge in [0.05, 0.1) is 5.69 Å². The standard InChI is InChI=1S/C22H30N2O/c1-19-7-5-11-21(23-19)17-24-15-13-22(18-25,14-16-24)12-6-10-20-8-3-2-4-9-20/h2-5,7-9,11,25H,6,10,12-18H2,1H3. The summed E-state index contributed by atoms with van der Waals surface area (Å²) in [7, 11) is 0. The van der Waals surface area contributed by atoms with Crippen LogP contribution in [-0.2, 0) is 13.0 Å². The Morgan fingerprint density at radius 3 is 2.48 bits per heavy atom. The summed E-state index contributed by atoms with van der Waals surface area (Å²) in [6, 6.07) is 16.9. The first-order valence-electron chi connectivity index (χ1n) is 9.49. The molecule has 134 valence electrons. The third-order valence-corrected chi connectivity index (χ3v) is 5.60. The molecule has 2 aromatic rings. The van der Waals surface area contributed by atoms with E-state index in [-0.39, 0.29) is 5.41 Å².